The molecule has 2 heterocycles. The summed E-state index contributed by atoms with van der Waals surface area (Å²) in [5.74, 6) is 0.701. The fraction of sp³-hybridized carbons (Fsp3) is 0.261. The summed E-state index contributed by atoms with van der Waals surface area (Å²) in [6, 6.07) is 14.7. The summed E-state index contributed by atoms with van der Waals surface area (Å²) in [5, 5.41) is 2.90. The van der Waals surface area contributed by atoms with Crippen LogP contribution in [-0.4, -0.2) is 39.4 Å². The van der Waals surface area contributed by atoms with Crippen molar-refractivity contribution < 1.29 is 9.59 Å². The number of rotatable bonds is 5. The summed E-state index contributed by atoms with van der Waals surface area (Å²) in [5.41, 5.74) is 2.73. The minimum absolute atomic E-state index is 0.0237. The SMILES string of the molecule is Cc1nccn1Cc1ccc(C(=O)Nc2ccccc2C(=O)N2CCCC2)cc1. The molecule has 148 valence electrons. The highest BCUT2D eigenvalue weighted by Gasteiger charge is 2.22. The molecule has 0 aliphatic carbocycles. The van der Waals surface area contributed by atoms with Gasteiger partial charge in [-0.2, -0.15) is 0 Å². The summed E-state index contributed by atoms with van der Waals surface area (Å²) in [7, 11) is 0. The van der Waals surface area contributed by atoms with E-state index in [1.807, 2.05) is 54.4 Å². The van der Waals surface area contributed by atoms with E-state index < -0.39 is 0 Å². The van der Waals surface area contributed by atoms with Gasteiger partial charge < -0.3 is 14.8 Å². The van der Waals surface area contributed by atoms with E-state index in [2.05, 4.69) is 14.9 Å². The summed E-state index contributed by atoms with van der Waals surface area (Å²) in [4.78, 5) is 31.6. The fourth-order valence-corrected chi connectivity index (χ4v) is 3.59. The van der Waals surface area contributed by atoms with Gasteiger partial charge in [0.2, 0.25) is 0 Å². The Hall–Kier alpha value is -3.41. The third kappa shape index (κ3) is 4.21. The summed E-state index contributed by atoms with van der Waals surface area (Å²) < 4.78 is 2.05. The van der Waals surface area contributed by atoms with Crippen LogP contribution in [0.25, 0.3) is 0 Å². The first kappa shape index (κ1) is 18.9. The lowest BCUT2D eigenvalue weighted by molar-refractivity contribution is 0.0794. The van der Waals surface area contributed by atoms with Crippen LogP contribution < -0.4 is 5.32 Å². The molecule has 1 saturated heterocycles. The Labute approximate surface area is 170 Å². The Morgan fingerprint density at radius 3 is 2.45 bits per heavy atom. The van der Waals surface area contributed by atoms with Crippen molar-refractivity contribution in [1.82, 2.24) is 14.5 Å². The minimum atomic E-state index is -0.225. The Balaban J connectivity index is 1.47. The topological polar surface area (TPSA) is 67.2 Å². The van der Waals surface area contributed by atoms with Gasteiger partial charge in [-0.25, -0.2) is 4.98 Å². The molecule has 1 aliphatic rings. The number of aromatic nitrogens is 2. The van der Waals surface area contributed by atoms with Crippen LogP contribution in [0.15, 0.2) is 60.9 Å². The lowest BCUT2D eigenvalue weighted by atomic mass is 10.1. The Kier molecular flexibility index (Phi) is 5.42. The van der Waals surface area contributed by atoms with E-state index in [0.29, 0.717) is 23.4 Å². The van der Waals surface area contributed by atoms with E-state index >= 15 is 0 Å². The summed E-state index contributed by atoms with van der Waals surface area (Å²) >= 11 is 0. The van der Waals surface area contributed by atoms with Crippen LogP contribution in [0.2, 0.25) is 0 Å². The zero-order chi connectivity index (χ0) is 20.2. The van der Waals surface area contributed by atoms with E-state index in [9.17, 15) is 9.59 Å². The van der Waals surface area contributed by atoms with Crippen molar-refractivity contribution in [3.8, 4) is 0 Å². The average molecular weight is 388 g/mol. The van der Waals surface area contributed by atoms with Crippen molar-refractivity contribution in [3.63, 3.8) is 0 Å². The van der Waals surface area contributed by atoms with E-state index in [1.165, 1.54) is 0 Å². The van der Waals surface area contributed by atoms with Crippen LogP contribution >= 0.6 is 0 Å². The first-order valence-electron chi connectivity index (χ1n) is 9.88. The molecule has 1 N–H and O–H groups in total. The molecule has 0 atom stereocenters. The smallest absolute Gasteiger partial charge is 0.255 e. The lowest BCUT2D eigenvalue weighted by Gasteiger charge is -2.18. The second-order valence-corrected chi connectivity index (χ2v) is 7.30. The largest absolute Gasteiger partial charge is 0.339 e. The van der Waals surface area contributed by atoms with Crippen LogP contribution in [0.1, 0.15) is 44.9 Å². The van der Waals surface area contributed by atoms with Crippen molar-refractivity contribution >= 4 is 17.5 Å². The quantitative estimate of drug-likeness (QED) is 0.724. The Bertz CT molecular complexity index is 1020. The van der Waals surface area contributed by atoms with Crippen LogP contribution in [0, 0.1) is 6.92 Å². The molecular formula is C23H24N4O2. The van der Waals surface area contributed by atoms with Gasteiger partial charge in [-0.1, -0.05) is 24.3 Å². The van der Waals surface area contributed by atoms with Crippen LogP contribution in [0.5, 0.6) is 0 Å². The number of nitrogens with one attached hydrogen (secondary N) is 1. The molecule has 1 aromatic heterocycles. The molecule has 0 saturated carbocycles. The minimum Gasteiger partial charge on any atom is -0.339 e. The van der Waals surface area contributed by atoms with Gasteiger partial charge in [0.1, 0.15) is 5.82 Å². The number of benzene rings is 2. The summed E-state index contributed by atoms with van der Waals surface area (Å²) in [6.07, 6.45) is 5.78. The molecule has 4 rings (SSSR count). The molecule has 0 unspecified atom stereocenters. The maximum Gasteiger partial charge on any atom is 0.255 e. The fourth-order valence-electron chi connectivity index (χ4n) is 3.59. The predicted molar refractivity (Wildman–Crippen MR) is 112 cm³/mol. The monoisotopic (exact) mass is 388 g/mol. The molecule has 1 fully saturated rings. The van der Waals surface area contributed by atoms with Gasteiger partial charge >= 0.3 is 0 Å². The first-order valence-corrected chi connectivity index (χ1v) is 9.88. The maximum absolute atomic E-state index is 12.8. The highest BCUT2D eigenvalue weighted by Crippen LogP contribution is 2.21. The molecule has 2 aromatic carbocycles. The molecular weight excluding hydrogens is 364 g/mol. The van der Waals surface area contributed by atoms with E-state index in [-0.39, 0.29) is 11.8 Å². The third-order valence-corrected chi connectivity index (χ3v) is 5.29. The number of para-hydroxylation sites is 1. The van der Waals surface area contributed by atoms with E-state index in [1.54, 1.807) is 18.3 Å². The van der Waals surface area contributed by atoms with Gasteiger partial charge in [-0.15, -0.1) is 0 Å². The number of likely N-dealkylation sites (tertiary alicyclic amines) is 1. The molecule has 6 nitrogen and oxygen atoms in total. The number of carbonyl (C=O) groups is 2. The number of nitrogens with zero attached hydrogens (tertiary/aromatic N) is 3. The molecule has 6 heteroatoms. The molecule has 0 bridgehead atoms. The van der Waals surface area contributed by atoms with E-state index in [4.69, 9.17) is 0 Å². The zero-order valence-electron chi connectivity index (χ0n) is 16.5. The highest BCUT2D eigenvalue weighted by atomic mass is 16.2. The van der Waals surface area contributed by atoms with Crippen LogP contribution in [-0.2, 0) is 6.54 Å². The third-order valence-electron chi connectivity index (χ3n) is 5.29. The standard InChI is InChI=1S/C23H24N4O2/c1-17-24-12-15-27(17)16-18-8-10-19(11-9-18)22(28)25-21-7-3-2-6-20(21)23(29)26-13-4-5-14-26/h2-3,6-12,15H,4-5,13-14,16H2,1H3,(H,25,28). The van der Waals surface area contributed by atoms with Crippen molar-refractivity contribution in [1.29, 1.82) is 0 Å². The number of aryl methyl sites for hydroxylation is 1. The average Bonchev–Trinajstić information content (AvgIpc) is 3.41. The Morgan fingerprint density at radius 2 is 1.76 bits per heavy atom. The molecule has 2 amide bonds. The maximum atomic E-state index is 12.8. The zero-order valence-corrected chi connectivity index (χ0v) is 16.5. The first-order chi connectivity index (χ1) is 14.1. The van der Waals surface area contributed by atoms with Crippen LogP contribution in [0.4, 0.5) is 5.69 Å². The Morgan fingerprint density at radius 1 is 1.03 bits per heavy atom. The molecule has 1 aliphatic heterocycles. The van der Waals surface area contributed by atoms with Gasteiger partial charge in [0, 0.05) is 37.6 Å². The van der Waals surface area contributed by atoms with E-state index in [0.717, 1.165) is 37.3 Å². The van der Waals surface area contributed by atoms with Crippen molar-refractivity contribution in [2.45, 2.75) is 26.3 Å². The second-order valence-electron chi connectivity index (χ2n) is 7.30. The van der Waals surface area contributed by atoms with Crippen LogP contribution in [0.3, 0.4) is 0 Å². The highest BCUT2D eigenvalue weighted by molar-refractivity contribution is 6.09. The number of hydrogen-bond acceptors (Lipinski definition) is 3. The van der Waals surface area contributed by atoms with Gasteiger partial charge in [0.15, 0.2) is 0 Å². The van der Waals surface area contributed by atoms with Gasteiger partial charge in [0.05, 0.1) is 11.3 Å². The number of amides is 2. The number of anilines is 1. The number of imidazole rings is 1. The molecule has 29 heavy (non-hydrogen) atoms. The molecule has 3 aromatic rings. The van der Waals surface area contributed by atoms with Gasteiger partial charge in [0.25, 0.3) is 11.8 Å². The van der Waals surface area contributed by atoms with Gasteiger partial charge in [-0.3, -0.25) is 9.59 Å². The molecule has 0 spiro atoms. The predicted octanol–water partition coefficient (Wildman–Crippen LogP) is 3.73. The van der Waals surface area contributed by atoms with Crippen molar-refractivity contribution in [3.05, 3.63) is 83.4 Å². The molecule has 0 radical (unpaired) electrons. The number of carbonyl (C=O) groups excluding carboxylic acids is 2. The van der Waals surface area contributed by atoms with Crippen molar-refractivity contribution in [2.24, 2.45) is 0 Å². The normalized spacial score (nSPS) is 13.5. The summed E-state index contributed by atoms with van der Waals surface area (Å²) in [6.45, 7) is 4.22. The van der Waals surface area contributed by atoms with Crippen molar-refractivity contribution in [2.75, 3.05) is 18.4 Å². The second kappa shape index (κ2) is 8.31. The van der Waals surface area contributed by atoms with Gasteiger partial charge in [-0.05, 0) is 49.6 Å². The number of hydrogen-bond donors (Lipinski definition) is 1. The lowest BCUT2D eigenvalue weighted by Crippen LogP contribution is -2.28.